The van der Waals surface area contributed by atoms with Crippen molar-refractivity contribution >= 4 is 17.5 Å². The number of nitrogens with one attached hydrogen (secondary N) is 2. The molecule has 4 nitrogen and oxygen atoms in total. The molecule has 2 rings (SSSR count). The molecule has 1 saturated carbocycles. The molecule has 0 spiro atoms. The van der Waals surface area contributed by atoms with E-state index in [-0.39, 0.29) is 23.1 Å². The standard InChI is InChI=1S/C15H18F2N2O2/c1-15(2,3)19-14(21)10-7-9(10)13(20)18-12-5-4-8(16)6-11(12)17/h4-6,9-10H,7H2,1-3H3,(H,18,20)(H,19,21). The monoisotopic (exact) mass is 296 g/mol. The van der Waals surface area contributed by atoms with Gasteiger partial charge >= 0.3 is 0 Å². The second-order valence-electron chi connectivity index (χ2n) is 6.30. The summed E-state index contributed by atoms with van der Waals surface area (Å²) in [4.78, 5) is 23.8. The normalized spacial score (nSPS) is 20.8. The fourth-order valence-electron chi connectivity index (χ4n) is 2.05. The second kappa shape index (κ2) is 5.42. The van der Waals surface area contributed by atoms with Crippen LogP contribution in [0.15, 0.2) is 18.2 Å². The number of amides is 2. The van der Waals surface area contributed by atoms with Crippen LogP contribution in [0, 0.1) is 23.5 Å². The molecule has 6 heteroatoms. The molecule has 0 heterocycles. The number of halogens is 2. The first-order chi connectivity index (χ1) is 9.67. The van der Waals surface area contributed by atoms with E-state index in [1.54, 1.807) is 0 Å². The van der Waals surface area contributed by atoms with Gasteiger partial charge in [0.25, 0.3) is 0 Å². The lowest BCUT2D eigenvalue weighted by Gasteiger charge is -2.20. The minimum absolute atomic E-state index is 0.0803. The molecular formula is C15H18F2N2O2. The van der Waals surface area contributed by atoms with Gasteiger partial charge in [0.15, 0.2) is 0 Å². The van der Waals surface area contributed by atoms with E-state index in [9.17, 15) is 18.4 Å². The van der Waals surface area contributed by atoms with Crippen LogP contribution in [0.5, 0.6) is 0 Å². The van der Waals surface area contributed by atoms with E-state index in [1.807, 2.05) is 20.8 Å². The van der Waals surface area contributed by atoms with Crippen molar-refractivity contribution < 1.29 is 18.4 Å². The van der Waals surface area contributed by atoms with Gasteiger partial charge in [-0.3, -0.25) is 9.59 Å². The molecule has 1 aromatic carbocycles. The number of carbonyl (C=O) groups is 2. The Morgan fingerprint density at radius 1 is 1.14 bits per heavy atom. The molecule has 1 fully saturated rings. The van der Waals surface area contributed by atoms with Crippen LogP contribution < -0.4 is 10.6 Å². The Bertz CT molecular complexity index is 582. The third-order valence-corrected chi connectivity index (χ3v) is 3.15. The van der Waals surface area contributed by atoms with Crippen LogP contribution in [-0.2, 0) is 9.59 Å². The first-order valence-corrected chi connectivity index (χ1v) is 6.75. The van der Waals surface area contributed by atoms with Gasteiger partial charge in [-0.15, -0.1) is 0 Å². The van der Waals surface area contributed by atoms with Crippen LogP contribution in [0.1, 0.15) is 27.2 Å². The van der Waals surface area contributed by atoms with Crippen LogP contribution in [0.4, 0.5) is 14.5 Å². The topological polar surface area (TPSA) is 58.2 Å². The van der Waals surface area contributed by atoms with Gasteiger partial charge in [-0.1, -0.05) is 0 Å². The molecule has 2 amide bonds. The number of hydrogen-bond donors (Lipinski definition) is 2. The minimum Gasteiger partial charge on any atom is -0.351 e. The maximum Gasteiger partial charge on any atom is 0.228 e. The van der Waals surface area contributed by atoms with Gasteiger partial charge in [-0.2, -0.15) is 0 Å². The van der Waals surface area contributed by atoms with E-state index < -0.39 is 23.5 Å². The Kier molecular flexibility index (Phi) is 3.98. The molecule has 0 aliphatic heterocycles. The lowest BCUT2D eigenvalue weighted by Crippen LogP contribution is -2.42. The third kappa shape index (κ3) is 4.00. The van der Waals surface area contributed by atoms with Crippen molar-refractivity contribution in [2.75, 3.05) is 5.32 Å². The molecule has 0 aromatic heterocycles. The summed E-state index contributed by atoms with van der Waals surface area (Å²) in [5.74, 6) is -2.99. The Labute approximate surface area is 121 Å². The Hall–Kier alpha value is -1.98. The van der Waals surface area contributed by atoms with Crippen molar-refractivity contribution in [3.8, 4) is 0 Å². The van der Waals surface area contributed by atoms with E-state index in [0.29, 0.717) is 12.5 Å². The molecule has 0 radical (unpaired) electrons. The van der Waals surface area contributed by atoms with Crippen molar-refractivity contribution in [3.63, 3.8) is 0 Å². The predicted molar refractivity (Wildman–Crippen MR) is 74.5 cm³/mol. The average molecular weight is 296 g/mol. The SMILES string of the molecule is CC(C)(C)NC(=O)C1CC1C(=O)Nc1ccc(F)cc1F. The lowest BCUT2D eigenvalue weighted by molar-refractivity contribution is -0.126. The maximum absolute atomic E-state index is 13.4. The highest BCUT2D eigenvalue weighted by atomic mass is 19.1. The van der Waals surface area contributed by atoms with Gasteiger partial charge in [0.2, 0.25) is 11.8 Å². The highest BCUT2D eigenvalue weighted by molar-refractivity contribution is 5.99. The quantitative estimate of drug-likeness (QED) is 0.900. The second-order valence-corrected chi connectivity index (χ2v) is 6.30. The van der Waals surface area contributed by atoms with E-state index in [2.05, 4.69) is 10.6 Å². The van der Waals surface area contributed by atoms with Crippen molar-refractivity contribution in [3.05, 3.63) is 29.8 Å². The maximum atomic E-state index is 13.4. The zero-order chi connectivity index (χ0) is 15.8. The van der Waals surface area contributed by atoms with Gasteiger partial charge in [0.05, 0.1) is 17.5 Å². The Balaban J connectivity index is 1.93. The van der Waals surface area contributed by atoms with Crippen LogP contribution >= 0.6 is 0 Å². The van der Waals surface area contributed by atoms with Gasteiger partial charge in [-0.25, -0.2) is 8.78 Å². The molecule has 0 saturated heterocycles. The molecule has 21 heavy (non-hydrogen) atoms. The summed E-state index contributed by atoms with van der Waals surface area (Å²) in [5, 5.41) is 5.19. The highest BCUT2D eigenvalue weighted by Gasteiger charge is 2.48. The van der Waals surface area contributed by atoms with E-state index in [1.165, 1.54) is 0 Å². The molecule has 2 N–H and O–H groups in total. The molecule has 1 aromatic rings. The summed E-state index contributed by atoms with van der Waals surface area (Å²) in [5.41, 5.74) is -0.438. The molecule has 0 bridgehead atoms. The van der Waals surface area contributed by atoms with E-state index in [0.717, 1.165) is 12.1 Å². The molecule has 1 aliphatic rings. The fourth-order valence-corrected chi connectivity index (χ4v) is 2.05. The first-order valence-electron chi connectivity index (χ1n) is 6.75. The van der Waals surface area contributed by atoms with E-state index in [4.69, 9.17) is 0 Å². The smallest absolute Gasteiger partial charge is 0.228 e. The van der Waals surface area contributed by atoms with Gasteiger partial charge in [0, 0.05) is 11.6 Å². The zero-order valence-corrected chi connectivity index (χ0v) is 12.2. The first kappa shape index (κ1) is 15.4. The zero-order valence-electron chi connectivity index (χ0n) is 12.2. The van der Waals surface area contributed by atoms with Crippen LogP contribution in [0.2, 0.25) is 0 Å². The summed E-state index contributed by atoms with van der Waals surface area (Å²) in [7, 11) is 0. The van der Waals surface area contributed by atoms with E-state index >= 15 is 0 Å². The summed E-state index contributed by atoms with van der Waals surface area (Å²) in [6.07, 6.45) is 0.441. The number of benzene rings is 1. The third-order valence-electron chi connectivity index (χ3n) is 3.15. The number of anilines is 1. The fraction of sp³-hybridized carbons (Fsp3) is 0.467. The molecule has 1 aliphatic carbocycles. The highest BCUT2D eigenvalue weighted by Crippen LogP contribution is 2.40. The van der Waals surface area contributed by atoms with Crippen LogP contribution in [-0.4, -0.2) is 17.4 Å². The summed E-state index contributed by atoms with van der Waals surface area (Å²) < 4.78 is 26.2. The molecule has 2 unspecified atom stereocenters. The average Bonchev–Trinajstić information content (AvgIpc) is 3.10. The predicted octanol–water partition coefficient (Wildman–Crippen LogP) is 2.45. The van der Waals surface area contributed by atoms with Gasteiger partial charge in [0.1, 0.15) is 11.6 Å². The van der Waals surface area contributed by atoms with Gasteiger partial charge < -0.3 is 10.6 Å². The van der Waals surface area contributed by atoms with Crippen LogP contribution in [0.25, 0.3) is 0 Å². The van der Waals surface area contributed by atoms with Crippen LogP contribution in [0.3, 0.4) is 0 Å². The molecular weight excluding hydrogens is 278 g/mol. The molecule has 2 atom stereocenters. The van der Waals surface area contributed by atoms with Crippen molar-refractivity contribution in [2.45, 2.75) is 32.7 Å². The Morgan fingerprint density at radius 2 is 1.76 bits per heavy atom. The number of carbonyl (C=O) groups excluding carboxylic acids is 2. The Morgan fingerprint density at radius 3 is 2.33 bits per heavy atom. The van der Waals surface area contributed by atoms with Crippen molar-refractivity contribution in [1.29, 1.82) is 0 Å². The largest absolute Gasteiger partial charge is 0.351 e. The minimum atomic E-state index is -0.834. The summed E-state index contributed by atoms with van der Waals surface area (Å²) >= 11 is 0. The summed E-state index contributed by atoms with van der Waals surface area (Å²) in [6, 6.07) is 2.93. The lowest BCUT2D eigenvalue weighted by atomic mass is 10.1. The van der Waals surface area contributed by atoms with Gasteiger partial charge in [-0.05, 0) is 39.3 Å². The van der Waals surface area contributed by atoms with Crippen molar-refractivity contribution in [1.82, 2.24) is 5.32 Å². The van der Waals surface area contributed by atoms with Crippen molar-refractivity contribution in [2.24, 2.45) is 11.8 Å². The number of hydrogen-bond acceptors (Lipinski definition) is 2. The molecule has 114 valence electrons. The summed E-state index contributed by atoms with van der Waals surface area (Å²) in [6.45, 7) is 5.57. The number of rotatable bonds is 3.